The molecule has 0 saturated carbocycles. The third-order valence-corrected chi connectivity index (χ3v) is 5.09. The van der Waals surface area contributed by atoms with E-state index < -0.39 is 15.4 Å². The van der Waals surface area contributed by atoms with Gasteiger partial charge in [-0.2, -0.15) is 5.10 Å². The van der Waals surface area contributed by atoms with Crippen LogP contribution in [-0.4, -0.2) is 55.8 Å². The highest BCUT2D eigenvalue weighted by Gasteiger charge is 2.31. The van der Waals surface area contributed by atoms with Gasteiger partial charge in [0, 0.05) is 18.5 Å². The summed E-state index contributed by atoms with van der Waals surface area (Å²) in [7, 11) is 0. The smallest absolute Gasteiger partial charge is 0.410 e. The molecule has 0 aliphatic carbocycles. The summed E-state index contributed by atoms with van der Waals surface area (Å²) in [4.78, 5) is 26.4. The third-order valence-electron chi connectivity index (χ3n) is 4.77. The number of carbonyl (C=O) groups is 2. The first-order valence-electron chi connectivity index (χ1n) is 10.3. The number of hydrogen-bond donors (Lipinski definition) is 0. The van der Waals surface area contributed by atoms with Crippen molar-refractivity contribution in [2.45, 2.75) is 81.7 Å². The number of halogens is 3. The van der Waals surface area contributed by atoms with Crippen LogP contribution in [0.4, 0.5) is 4.79 Å². The first-order chi connectivity index (χ1) is 14.0. The number of carbonyl (C=O) groups excluding carboxylic acids is 2. The number of rotatable bonds is 4. The maximum Gasteiger partial charge on any atom is 0.410 e. The number of hydrogen-bond acceptors (Lipinski definition) is 5. The molecule has 1 aromatic rings. The third kappa shape index (κ3) is 8.35. The van der Waals surface area contributed by atoms with E-state index in [1.165, 1.54) is 0 Å². The van der Waals surface area contributed by atoms with Crippen LogP contribution >= 0.6 is 34.8 Å². The average molecular weight is 497 g/mol. The molecule has 0 spiro atoms. The molecule has 0 aromatic carbocycles. The minimum atomic E-state index is -1.65. The number of nitrogens with zero attached hydrogens (tertiary/aromatic N) is 3. The second kappa shape index (κ2) is 9.75. The van der Waals surface area contributed by atoms with Gasteiger partial charge in [0.2, 0.25) is 3.79 Å². The Bertz CT molecular complexity index is 783. The average Bonchev–Trinajstić information content (AvgIpc) is 3.02. The Hall–Kier alpha value is -1.18. The zero-order valence-corrected chi connectivity index (χ0v) is 21.3. The van der Waals surface area contributed by atoms with Gasteiger partial charge >= 0.3 is 12.1 Å². The molecule has 1 aliphatic heterocycles. The molecule has 176 valence electrons. The fraction of sp³-hybridized carbons (Fsp3) is 0.762. The Morgan fingerprint density at radius 2 is 1.68 bits per heavy atom. The van der Waals surface area contributed by atoms with E-state index in [0.29, 0.717) is 25.9 Å². The van der Waals surface area contributed by atoms with Gasteiger partial charge in [-0.3, -0.25) is 9.48 Å². The maximum atomic E-state index is 12.3. The lowest BCUT2D eigenvalue weighted by molar-refractivity contribution is -0.142. The number of ether oxygens (including phenoxy) is 2. The molecule has 1 aliphatic rings. The number of amides is 1. The van der Waals surface area contributed by atoms with Crippen LogP contribution in [0.25, 0.3) is 0 Å². The van der Waals surface area contributed by atoms with Crippen LogP contribution in [0.15, 0.2) is 6.07 Å². The number of likely N-dealkylation sites (tertiary alicyclic amines) is 1. The van der Waals surface area contributed by atoms with E-state index >= 15 is 0 Å². The molecule has 0 unspecified atom stereocenters. The summed E-state index contributed by atoms with van der Waals surface area (Å²) in [6.07, 6.45) is 1.13. The predicted molar refractivity (Wildman–Crippen MR) is 122 cm³/mol. The highest BCUT2D eigenvalue weighted by atomic mass is 35.6. The van der Waals surface area contributed by atoms with E-state index in [1.54, 1.807) is 4.90 Å². The van der Waals surface area contributed by atoms with Crippen molar-refractivity contribution < 1.29 is 19.1 Å². The molecule has 1 fully saturated rings. The normalized spacial score (nSPS) is 16.4. The van der Waals surface area contributed by atoms with Crippen LogP contribution in [0.3, 0.4) is 0 Å². The van der Waals surface area contributed by atoms with Crippen molar-refractivity contribution in [2.24, 2.45) is 0 Å². The highest BCUT2D eigenvalue weighted by Crippen LogP contribution is 2.30. The maximum absolute atomic E-state index is 12.3. The van der Waals surface area contributed by atoms with E-state index in [2.05, 4.69) is 20.8 Å². The summed E-state index contributed by atoms with van der Waals surface area (Å²) in [5.41, 5.74) is 0.914. The Morgan fingerprint density at radius 1 is 1.10 bits per heavy atom. The molecule has 0 N–H and O–H groups in total. The Labute approximate surface area is 199 Å². The molecule has 1 aromatic heterocycles. The molecule has 2 heterocycles. The van der Waals surface area contributed by atoms with Gasteiger partial charge in [-0.15, -0.1) is 0 Å². The van der Waals surface area contributed by atoms with Crippen LogP contribution in [0.1, 0.15) is 71.8 Å². The van der Waals surface area contributed by atoms with Gasteiger partial charge in [0.1, 0.15) is 12.2 Å². The summed E-state index contributed by atoms with van der Waals surface area (Å²) >= 11 is 17.0. The van der Waals surface area contributed by atoms with Gasteiger partial charge in [0.25, 0.3) is 0 Å². The summed E-state index contributed by atoms with van der Waals surface area (Å²) < 4.78 is 10.8. The summed E-state index contributed by atoms with van der Waals surface area (Å²) in [6, 6.07) is 1.99. The summed E-state index contributed by atoms with van der Waals surface area (Å²) in [5.74, 6) is -0.487. The summed E-state index contributed by atoms with van der Waals surface area (Å²) in [5, 5.41) is 4.79. The monoisotopic (exact) mass is 495 g/mol. The van der Waals surface area contributed by atoms with Gasteiger partial charge < -0.3 is 14.4 Å². The van der Waals surface area contributed by atoms with E-state index in [4.69, 9.17) is 49.4 Å². The Kier molecular flexibility index (Phi) is 8.20. The van der Waals surface area contributed by atoms with E-state index in [0.717, 1.165) is 11.4 Å². The second-order valence-corrected chi connectivity index (χ2v) is 12.4. The van der Waals surface area contributed by atoms with Crippen LogP contribution in [0.5, 0.6) is 0 Å². The molecule has 10 heteroatoms. The number of alkyl halides is 3. The van der Waals surface area contributed by atoms with E-state index in [1.807, 2.05) is 31.5 Å². The zero-order valence-electron chi connectivity index (χ0n) is 19.0. The van der Waals surface area contributed by atoms with Gasteiger partial charge in [-0.05, 0) is 39.7 Å². The van der Waals surface area contributed by atoms with Crippen molar-refractivity contribution in [3.63, 3.8) is 0 Å². The molecular weight excluding hydrogens is 465 g/mol. The molecule has 1 saturated heterocycles. The van der Waals surface area contributed by atoms with Crippen molar-refractivity contribution in [3.05, 3.63) is 17.5 Å². The minimum absolute atomic E-state index is 0.0239. The first kappa shape index (κ1) is 26.1. The predicted octanol–water partition coefficient (Wildman–Crippen LogP) is 5.21. The number of piperidine rings is 1. The number of esters is 1. The number of aromatic nitrogens is 2. The molecule has 0 radical (unpaired) electrons. The largest absolute Gasteiger partial charge is 0.461 e. The molecule has 0 bridgehead atoms. The Morgan fingerprint density at radius 3 is 2.16 bits per heavy atom. The van der Waals surface area contributed by atoms with Crippen molar-refractivity contribution in [1.29, 1.82) is 0 Å². The van der Waals surface area contributed by atoms with Gasteiger partial charge in [-0.25, -0.2) is 4.79 Å². The molecule has 7 nitrogen and oxygen atoms in total. The van der Waals surface area contributed by atoms with Crippen molar-refractivity contribution in [2.75, 3.05) is 19.7 Å². The van der Waals surface area contributed by atoms with Crippen LogP contribution in [-0.2, 0) is 26.1 Å². The molecule has 31 heavy (non-hydrogen) atoms. The topological polar surface area (TPSA) is 73.7 Å². The van der Waals surface area contributed by atoms with Crippen molar-refractivity contribution in [3.8, 4) is 0 Å². The van der Waals surface area contributed by atoms with Crippen LogP contribution in [0, 0.1) is 0 Å². The minimum Gasteiger partial charge on any atom is -0.461 e. The fourth-order valence-electron chi connectivity index (χ4n) is 3.23. The van der Waals surface area contributed by atoms with Crippen LogP contribution in [0.2, 0.25) is 0 Å². The highest BCUT2D eigenvalue weighted by molar-refractivity contribution is 6.67. The molecule has 1 amide bonds. The Balaban J connectivity index is 2.12. The first-order valence-corrected chi connectivity index (χ1v) is 11.5. The van der Waals surface area contributed by atoms with Crippen molar-refractivity contribution >= 4 is 46.9 Å². The lowest BCUT2D eigenvalue weighted by Gasteiger charge is -2.34. The van der Waals surface area contributed by atoms with Gasteiger partial charge in [0.15, 0.2) is 0 Å². The van der Waals surface area contributed by atoms with Gasteiger partial charge in [-0.1, -0.05) is 55.6 Å². The SMILES string of the molecule is CC(C)(C)OC(=O)N1CCC(n2nc(C(C)(C)C)cc2CC(=O)OCC(Cl)(Cl)Cl)CC1. The standard InChI is InChI=1S/C21H32Cl3N3O4/c1-19(2,3)16-11-15(12-17(28)30-13-21(22,23)24)27(25-16)14-7-9-26(10-8-14)18(29)31-20(4,5)6/h11,14H,7-10,12-13H2,1-6H3. The molecular formula is C21H32Cl3N3O4. The molecule has 2 rings (SSSR count). The van der Waals surface area contributed by atoms with Gasteiger partial charge in [0.05, 0.1) is 23.9 Å². The summed E-state index contributed by atoms with van der Waals surface area (Å²) in [6.45, 7) is 12.5. The van der Waals surface area contributed by atoms with Crippen molar-refractivity contribution in [1.82, 2.24) is 14.7 Å². The van der Waals surface area contributed by atoms with Crippen LogP contribution < -0.4 is 0 Å². The second-order valence-electron chi connectivity index (χ2n) is 9.87. The quantitative estimate of drug-likeness (QED) is 0.423. The lowest BCUT2D eigenvalue weighted by Crippen LogP contribution is -2.42. The fourth-order valence-corrected chi connectivity index (χ4v) is 3.39. The zero-order chi connectivity index (χ0) is 23.6. The molecule has 0 atom stereocenters. The van der Waals surface area contributed by atoms with E-state index in [9.17, 15) is 9.59 Å². The van der Waals surface area contributed by atoms with E-state index in [-0.39, 0.29) is 30.6 Å². The lowest BCUT2D eigenvalue weighted by atomic mass is 9.92.